The van der Waals surface area contributed by atoms with Crippen molar-refractivity contribution in [3.05, 3.63) is 89.4 Å². The number of anilines is 2. The molecule has 0 aliphatic carbocycles. The molecule has 2 aromatic carbocycles. The second-order valence-electron chi connectivity index (χ2n) is 7.36. The van der Waals surface area contributed by atoms with Gasteiger partial charge in [-0.25, -0.2) is 9.37 Å². The van der Waals surface area contributed by atoms with E-state index in [2.05, 4.69) is 15.6 Å². The number of hydrogen-bond donors (Lipinski definition) is 4. The van der Waals surface area contributed by atoms with Crippen molar-refractivity contribution < 1.29 is 14.0 Å². The highest BCUT2D eigenvalue weighted by atomic mass is 19.1. The maximum atomic E-state index is 14.4. The number of pyridine rings is 1. The number of carbonyl (C=O) groups excluding carboxylic acids is 2. The van der Waals surface area contributed by atoms with Crippen molar-refractivity contribution in [1.29, 1.82) is 10.8 Å². The molecule has 3 aromatic rings. The molecule has 0 saturated heterocycles. The Morgan fingerprint density at radius 1 is 1.00 bits per heavy atom. The summed E-state index contributed by atoms with van der Waals surface area (Å²) in [6.45, 7) is 3.66. The van der Waals surface area contributed by atoms with Crippen LogP contribution in [-0.4, -0.2) is 39.9 Å². The lowest BCUT2D eigenvalue weighted by molar-refractivity contribution is 0.101. The average Bonchev–Trinajstić information content (AvgIpc) is 2.81. The van der Waals surface area contributed by atoms with Crippen molar-refractivity contribution in [2.75, 3.05) is 10.6 Å². The predicted molar refractivity (Wildman–Crippen MR) is 126 cm³/mol. The number of halogens is 1. The van der Waals surface area contributed by atoms with Crippen molar-refractivity contribution in [3.63, 3.8) is 0 Å². The van der Waals surface area contributed by atoms with E-state index in [9.17, 15) is 14.0 Å². The Bertz CT molecular complexity index is 1200. The second-order valence-corrected chi connectivity index (χ2v) is 7.36. The summed E-state index contributed by atoms with van der Waals surface area (Å²) in [5.74, 6) is -1.79. The van der Waals surface area contributed by atoms with Crippen LogP contribution in [0, 0.1) is 16.6 Å². The quantitative estimate of drug-likeness (QED) is 0.318. The molecule has 168 valence electrons. The van der Waals surface area contributed by atoms with Crippen LogP contribution in [0.2, 0.25) is 0 Å². The lowest BCUT2D eigenvalue weighted by atomic mass is 10.1. The Balaban J connectivity index is 1.78. The lowest BCUT2D eigenvalue weighted by Crippen LogP contribution is -2.36. The van der Waals surface area contributed by atoms with E-state index in [0.717, 1.165) is 12.4 Å². The minimum atomic E-state index is -0.760. The normalized spacial score (nSPS) is 10.4. The monoisotopic (exact) mass is 446 g/mol. The standard InChI is InChI=1S/C24H23FN6O2/c1-15(2)31(14-26)22(27)20-9-6-10-21(29-20)30-24(33)18-13-17(11-12-19(18)25)28-23(32)16-7-4-3-5-8-16/h3-15,26-27H,1-2H3,(H,28,32)(H,29,30,33). The molecule has 3 rings (SSSR count). The molecule has 0 saturated carbocycles. The summed E-state index contributed by atoms with van der Waals surface area (Å²) < 4.78 is 14.4. The summed E-state index contributed by atoms with van der Waals surface area (Å²) in [7, 11) is 0. The highest BCUT2D eigenvalue weighted by molar-refractivity contribution is 6.07. The zero-order valence-electron chi connectivity index (χ0n) is 18.1. The van der Waals surface area contributed by atoms with Crippen LogP contribution in [0.25, 0.3) is 0 Å². The second kappa shape index (κ2) is 10.3. The summed E-state index contributed by atoms with van der Waals surface area (Å²) in [4.78, 5) is 30.7. The molecule has 8 nitrogen and oxygen atoms in total. The third-order valence-electron chi connectivity index (χ3n) is 4.69. The molecule has 0 radical (unpaired) electrons. The highest BCUT2D eigenvalue weighted by Crippen LogP contribution is 2.18. The highest BCUT2D eigenvalue weighted by Gasteiger charge is 2.17. The molecule has 9 heteroatoms. The SMILES string of the molecule is CC(C)N(C=N)C(=N)c1cccc(NC(=O)c2cc(NC(=O)c3ccccc3)ccc2F)n1. The van der Waals surface area contributed by atoms with Crippen molar-refractivity contribution in [2.24, 2.45) is 0 Å². The van der Waals surface area contributed by atoms with Crippen molar-refractivity contribution in [3.8, 4) is 0 Å². The Kier molecular flexibility index (Phi) is 7.24. The van der Waals surface area contributed by atoms with Crippen molar-refractivity contribution in [1.82, 2.24) is 9.88 Å². The third kappa shape index (κ3) is 5.65. The summed E-state index contributed by atoms with van der Waals surface area (Å²) in [5, 5.41) is 20.9. The van der Waals surface area contributed by atoms with Crippen molar-refractivity contribution >= 4 is 35.5 Å². The van der Waals surface area contributed by atoms with Crippen LogP contribution < -0.4 is 10.6 Å². The van der Waals surface area contributed by atoms with Crippen LogP contribution in [0.15, 0.2) is 66.7 Å². The summed E-state index contributed by atoms with van der Waals surface area (Å²) in [5.41, 5.74) is 0.662. The Labute approximate surface area is 190 Å². The lowest BCUT2D eigenvalue weighted by Gasteiger charge is -2.23. The molecule has 0 aliphatic rings. The molecule has 0 unspecified atom stereocenters. The van der Waals surface area contributed by atoms with Gasteiger partial charge in [0.1, 0.15) is 17.3 Å². The molecule has 0 atom stereocenters. The van der Waals surface area contributed by atoms with Gasteiger partial charge >= 0.3 is 0 Å². The molecule has 4 N–H and O–H groups in total. The van der Waals surface area contributed by atoms with E-state index < -0.39 is 11.7 Å². The molecule has 1 aromatic heterocycles. The van der Waals surface area contributed by atoms with E-state index in [-0.39, 0.29) is 40.5 Å². The van der Waals surface area contributed by atoms with E-state index in [1.807, 2.05) is 13.8 Å². The molecular weight excluding hydrogens is 423 g/mol. The van der Waals surface area contributed by atoms with Gasteiger partial charge in [-0.3, -0.25) is 20.4 Å². The van der Waals surface area contributed by atoms with Gasteiger partial charge in [0.25, 0.3) is 11.8 Å². The van der Waals surface area contributed by atoms with Crippen LogP contribution in [0.3, 0.4) is 0 Å². The predicted octanol–water partition coefficient (Wildman–Crippen LogP) is 4.37. The number of nitrogens with one attached hydrogen (secondary N) is 4. The van der Waals surface area contributed by atoms with E-state index in [1.54, 1.807) is 42.5 Å². The zero-order chi connectivity index (χ0) is 24.0. The maximum absolute atomic E-state index is 14.4. The Hall–Kier alpha value is -4.40. The first-order valence-electron chi connectivity index (χ1n) is 10.1. The van der Waals surface area contributed by atoms with Crippen LogP contribution in [-0.2, 0) is 0 Å². The number of benzene rings is 2. The Morgan fingerprint density at radius 3 is 2.39 bits per heavy atom. The summed E-state index contributed by atoms with van der Waals surface area (Å²) in [6.07, 6.45) is 1.03. The number of amides is 2. The fourth-order valence-electron chi connectivity index (χ4n) is 2.99. The number of carbonyl (C=O) groups is 2. The summed E-state index contributed by atoms with van der Waals surface area (Å²) in [6, 6.07) is 16.8. The van der Waals surface area contributed by atoms with Crippen LogP contribution in [0.1, 0.15) is 40.3 Å². The first-order chi connectivity index (χ1) is 15.8. The van der Waals surface area contributed by atoms with Gasteiger partial charge < -0.3 is 15.5 Å². The molecule has 33 heavy (non-hydrogen) atoms. The van der Waals surface area contributed by atoms with Crippen LogP contribution >= 0.6 is 0 Å². The van der Waals surface area contributed by atoms with Gasteiger partial charge in [0.2, 0.25) is 0 Å². The fraction of sp³-hybridized carbons (Fsp3) is 0.125. The molecule has 0 aliphatic heterocycles. The number of nitrogens with zero attached hydrogens (tertiary/aromatic N) is 2. The van der Waals surface area contributed by atoms with E-state index >= 15 is 0 Å². The van der Waals surface area contributed by atoms with Crippen LogP contribution in [0.4, 0.5) is 15.9 Å². The van der Waals surface area contributed by atoms with E-state index in [1.165, 1.54) is 23.1 Å². The van der Waals surface area contributed by atoms with Gasteiger partial charge in [0.05, 0.1) is 11.9 Å². The van der Waals surface area contributed by atoms with Gasteiger partial charge in [-0.1, -0.05) is 24.3 Å². The molecule has 1 heterocycles. The number of aromatic nitrogens is 1. The third-order valence-corrected chi connectivity index (χ3v) is 4.69. The van der Waals surface area contributed by atoms with Gasteiger partial charge in [-0.15, -0.1) is 0 Å². The molecule has 0 fully saturated rings. The van der Waals surface area contributed by atoms with Crippen LogP contribution in [0.5, 0.6) is 0 Å². The zero-order valence-corrected chi connectivity index (χ0v) is 18.1. The van der Waals surface area contributed by atoms with Gasteiger partial charge in [-0.2, -0.15) is 0 Å². The smallest absolute Gasteiger partial charge is 0.259 e. The number of amidine groups is 1. The van der Waals surface area contributed by atoms with Crippen molar-refractivity contribution in [2.45, 2.75) is 19.9 Å². The van der Waals surface area contributed by atoms with Gasteiger partial charge in [-0.05, 0) is 56.3 Å². The first kappa shape index (κ1) is 23.3. The maximum Gasteiger partial charge on any atom is 0.259 e. The molecule has 0 bridgehead atoms. The minimum Gasteiger partial charge on any atom is -0.322 e. The van der Waals surface area contributed by atoms with Gasteiger partial charge in [0, 0.05) is 17.3 Å². The fourth-order valence-corrected chi connectivity index (χ4v) is 2.99. The number of hydrogen-bond acceptors (Lipinski definition) is 5. The Morgan fingerprint density at radius 2 is 1.73 bits per heavy atom. The molecular formula is C24H23FN6O2. The van der Waals surface area contributed by atoms with E-state index in [0.29, 0.717) is 5.56 Å². The average molecular weight is 446 g/mol. The molecule has 0 spiro atoms. The van der Waals surface area contributed by atoms with E-state index in [4.69, 9.17) is 10.8 Å². The largest absolute Gasteiger partial charge is 0.322 e. The number of rotatable bonds is 7. The first-order valence-corrected chi connectivity index (χ1v) is 10.1. The topological polar surface area (TPSA) is 122 Å². The van der Waals surface area contributed by atoms with Gasteiger partial charge in [0.15, 0.2) is 5.84 Å². The summed E-state index contributed by atoms with van der Waals surface area (Å²) >= 11 is 0. The minimum absolute atomic E-state index is 0.00657. The molecule has 2 amide bonds.